The molecule has 3 rings (SSSR count). The minimum absolute atomic E-state index is 0.00798. The standard InChI is InChI=1S/C14H17N3O3S/c15-9-11-5-6-12(10-16-11)21(18,19)17-7-8-20-14-4-2-1-3-13(14)17/h5-6,10,13-14H,1-4,7-8H2. The van der Waals surface area contributed by atoms with Crippen LogP contribution in [0, 0.1) is 11.3 Å². The van der Waals surface area contributed by atoms with Crippen LogP contribution in [0.25, 0.3) is 0 Å². The molecule has 112 valence electrons. The molecule has 21 heavy (non-hydrogen) atoms. The van der Waals surface area contributed by atoms with E-state index in [1.54, 1.807) is 4.31 Å². The van der Waals surface area contributed by atoms with E-state index in [4.69, 9.17) is 10.00 Å². The molecule has 0 spiro atoms. The molecule has 1 aromatic rings. The third-order valence-corrected chi connectivity index (χ3v) is 6.05. The van der Waals surface area contributed by atoms with Crippen LogP contribution in [0.2, 0.25) is 0 Å². The Hall–Kier alpha value is -1.49. The van der Waals surface area contributed by atoms with E-state index in [1.807, 2.05) is 6.07 Å². The maximum Gasteiger partial charge on any atom is 0.245 e. The van der Waals surface area contributed by atoms with Gasteiger partial charge in [-0.2, -0.15) is 9.57 Å². The zero-order chi connectivity index (χ0) is 14.9. The summed E-state index contributed by atoms with van der Waals surface area (Å²) in [7, 11) is -3.58. The lowest BCUT2D eigenvalue weighted by Crippen LogP contribution is -2.54. The van der Waals surface area contributed by atoms with E-state index >= 15 is 0 Å². The zero-order valence-electron chi connectivity index (χ0n) is 11.6. The van der Waals surface area contributed by atoms with Gasteiger partial charge in [0.1, 0.15) is 16.7 Å². The fraction of sp³-hybridized carbons (Fsp3) is 0.571. The predicted molar refractivity (Wildman–Crippen MR) is 74.8 cm³/mol. The number of morpholine rings is 1. The van der Waals surface area contributed by atoms with Crippen molar-refractivity contribution in [2.75, 3.05) is 13.2 Å². The van der Waals surface area contributed by atoms with Gasteiger partial charge in [0.15, 0.2) is 0 Å². The van der Waals surface area contributed by atoms with E-state index in [1.165, 1.54) is 18.3 Å². The van der Waals surface area contributed by atoms with Gasteiger partial charge in [0.05, 0.1) is 18.8 Å². The highest BCUT2D eigenvalue weighted by molar-refractivity contribution is 7.89. The second-order valence-corrected chi connectivity index (χ2v) is 7.26. The Morgan fingerprint density at radius 1 is 1.33 bits per heavy atom. The highest BCUT2D eigenvalue weighted by atomic mass is 32.2. The molecule has 6 nitrogen and oxygen atoms in total. The smallest absolute Gasteiger partial charge is 0.245 e. The van der Waals surface area contributed by atoms with Crippen LogP contribution < -0.4 is 0 Å². The molecular formula is C14H17N3O3S. The zero-order valence-corrected chi connectivity index (χ0v) is 12.4. The maximum absolute atomic E-state index is 12.8. The van der Waals surface area contributed by atoms with Crippen molar-refractivity contribution in [3.8, 4) is 6.07 Å². The number of aromatic nitrogens is 1. The topological polar surface area (TPSA) is 83.3 Å². The summed E-state index contributed by atoms with van der Waals surface area (Å²) in [6.45, 7) is 0.813. The first-order chi connectivity index (χ1) is 10.1. The van der Waals surface area contributed by atoms with Crippen molar-refractivity contribution in [2.45, 2.75) is 42.7 Å². The summed E-state index contributed by atoms with van der Waals surface area (Å²) in [5, 5.41) is 8.75. The lowest BCUT2D eigenvalue weighted by atomic mass is 9.91. The fourth-order valence-corrected chi connectivity index (χ4v) is 4.70. The van der Waals surface area contributed by atoms with Crippen molar-refractivity contribution in [2.24, 2.45) is 0 Å². The van der Waals surface area contributed by atoms with E-state index in [0.29, 0.717) is 13.2 Å². The molecular weight excluding hydrogens is 290 g/mol. The number of ether oxygens (including phenoxy) is 1. The van der Waals surface area contributed by atoms with Gasteiger partial charge >= 0.3 is 0 Å². The molecule has 1 aliphatic heterocycles. The Labute approximate surface area is 124 Å². The van der Waals surface area contributed by atoms with E-state index in [2.05, 4.69) is 4.98 Å². The molecule has 0 amide bonds. The molecule has 1 aromatic heterocycles. The van der Waals surface area contributed by atoms with E-state index < -0.39 is 10.0 Å². The molecule has 1 saturated carbocycles. The average Bonchev–Trinajstić information content (AvgIpc) is 2.54. The van der Waals surface area contributed by atoms with Gasteiger partial charge in [-0.05, 0) is 25.0 Å². The molecule has 0 N–H and O–H groups in total. The van der Waals surface area contributed by atoms with Gasteiger partial charge in [-0.25, -0.2) is 13.4 Å². The Bertz CT molecular complexity index is 649. The van der Waals surface area contributed by atoms with Gasteiger partial charge in [0.25, 0.3) is 0 Å². The molecule has 2 atom stereocenters. The van der Waals surface area contributed by atoms with Crippen LogP contribution in [0.15, 0.2) is 23.2 Å². The summed E-state index contributed by atoms with van der Waals surface area (Å²) in [5.41, 5.74) is 0.214. The number of fused-ring (bicyclic) bond motifs is 1. The van der Waals surface area contributed by atoms with Crippen LogP contribution in [0.3, 0.4) is 0 Å². The van der Waals surface area contributed by atoms with E-state index in [9.17, 15) is 8.42 Å². The largest absolute Gasteiger partial charge is 0.375 e. The van der Waals surface area contributed by atoms with Gasteiger partial charge < -0.3 is 4.74 Å². The van der Waals surface area contributed by atoms with Gasteiger partial charge in [-0.3, -0.25) is 0 Å². The van der Waals surface area contributed by atoms with Gasteiger partial charge in [-0.1, -0.05) is 12.8 Å². The molecule has 0 bridgehead atoms. The summed E-state index contributed by atoms with van der Waals surface area (Å²) < 4.78 is 32.9. The quantitative estimate of drug-likeness (QED) is 0.822. The summed E-state index contributed by atoms with van der Waals surface area (Å²) in [5.74, 6) is 0. The number of hydrogen-bond acceptors (Lipinski definition) is 5. The second-order valence-electron chi connectivity index (χ2n) is 5.37. The number of nitrogens with zero attached hydrogens (tertiary/aromatic N) is 3. The van der Waals surface area contributed by atoms with Crippen LogP contribution in [0.5, 0.6) is 0 Å². The minimum atomic E-state index is -3.58. The maximum atomic E-state index is 12.8. The van der Waals surface area contributed by atoms with Crippen molar-refractivity contribution in [1.82, 2.24) is 9.29 Å². The predicted octanol–water partition coefficient (Wildman–Crippen LogP) is 1.29. The summed E-state index contributed by atoms with van der Waals surface area (Å²) in [4.78, 5) is 4.01. The first kappa shape index (κ1) is 14.4. The summed E-state index contributed by atoms with van der Waals surface area (Å²) in [6.07, 6.45) is 5.15. The van der Waals surface area contributed by atoms with E-state index in [-0.39, 0.29) is 22.7 Å². The SMILES string of the molecule is N#Cc1ccc(S(=O)(=O)N2CCOC3CCCCC32)cn1. The molecule has 2 fully saturated rings. The number of pyridine rings is 1. The number of nitriles is 1. The van der Waals surface area contributed by atoms with Gasteiger partial charge in [-0.15, -0.1) is 0 Å². The highest BCUT2D eigenvalue weighted by Crippen LogP contribution is 2.32. The number of rotatable bonds is 2. The molecule has 0 radical (unpaired) electrons. The second kappa shape index (κ2) is 5.72. The Morgan fingerprint density at radius 3 is 2.86 bits per heavy atom. The molecule has 2 heterocycles. The van der Waals surface area contributed by atoms with Crippen LogP contribution in [-0.2, 0) is 14.8 Å². The fourth-order valence-electron chi connectivity index (χ4n) is 3.09. The van der Waals surface area contributed by atoms with Gasteiger partial charge in [0.2, 0.25) is 10.0 Å². The van der Waals surface area contributed by atoms with Crippen LogP contribution in [0.4, 0.5) is 0 Å². The van der Waals surface area contributed by atoms with Crippen molar-refractivity contribution in [3.05, 3.63) is 24.0 Å². The average molecular weight is 307 g/mol. The molecule has 1 saturated heterocycles. The number of sulfonamides is 1. The minimum Gasteiger partial charge on any atom is -0.375 e. The number of hydrogen-bond donors (Lipinski definition) is 0. The molecule has 7 heteroatoms. The highest BCUT2D eigenvalue weighted by Gasteiger charge is 2.40. The van der Waals surface area contributed by atoms with Crippen LogP contribution >= 0.6 is 0 Å². The summed E-state index contributed by atoms with van der Waals surface area (Å²) >= 11 is 0. The van der Waals surface area contributed by atoms with Crippen molar-refractivity contribution < 1.29 is 13.2 Å². The molecule has 2 unspecified atom stereocenters. The Kier molecular flexibility index (Phi) is 3.93. The monoisotopic (exact) mass is 307 g/mol. The normalized spacial score (nSPS) is 26.8. The van der Waals surface area contributed by atoms with Gasteiger partial charge in [0, 0.05) is 12.7 Å². The third kappa shape index (κ3) is 2.67. The third-order valence-electron chi connectivity index (χ3n) is 4.14. The van der Waals surface area contributed by atoms with Crippen molar-refractivity contribution in [3.63, 3.8) is 0 Å². The lowest BCUT2D eigenvalue weighted by molar-refractivity contribution is -0.0586. The first-order valence-corrected chi connectivity index (χ1v) is 8.56. The van der Waals surface area contributed by atoms with Crippen LogP contribution in [-0.4, -0.2) is 43.0 Å². The molecule has 1 aliphatic carbocycles. The lowest BCUT2D eigenvalue weighted by Gasteiger charge is -2.42. The first-order valence-electron chi connectivity index (χ1n) is 7.12. The van der Waals surface area contributed by atoms with Crippen LogP contribution in [0.1, 0.15) is 31.4 Å². The molecule has 2 aliphatic rings. The summed E-state index contributed by atoms with van der Waals surface area (Å²) in [6, 6.07) is 4.70. The Morgan fingerprint density at radius 2 is 2.14 bits per heavy atom. The van der Waals surface area contributed by atoms with E-state index in [0.717, 1.165) is 25.7 Å². The Balaban J connectivity index is 1.90. The van der Waals surface area contributed by atoms with Crippen molar-refractivity contribution >= 4 is 10.0 Å². The van der Waals surface area contributed by atoms with Crippen molar-refractivity contribution in [1.29, 1.82) is 5.26 Å². The molecule has 0 aromatic carbocycles.